The molecule has 0 aromatic rings. The Labute approximate surface area is 102 Å². The fourth-order valence-corrected chi connectivity index (χ4v) is 1.48. The molecule has 0 aliphatic carbocycles. The van der Waals surface area contributed by atoms with Gasteiger partial charge < -0.3 is 26.4 Å². The van der Waals surface area contributed by atoms with E-state index in [1.807, 2.05) is 6.92 Å². The third-order valence-electron chi connectivity index (χ3n) is 2.61. The van der Waals surface area contributed by atoms with Gasteiger partial charge in [0.2, 0.25) is 0 Å². The van der Waals surface area contributed by atoms with Crippen LogP contribution in [-0.4, -0.2) is 52.6 Å². The molecule has 6 nitrogen and oxygen atoms in total. The van der Waals surface area contributed by atoms with E-state index in [1.165, 1.54) is 0 Å². The standard InChI is InChI=1S/C6H13NO2.C5H11NO2/c1-2-3-4-5(7)6(8)9;7-3-4-1-5(8)2-6-4/h5H,2-4,7H2,1H3,(H,8,9);4-8H,1-3H2/t;4-,5+/m.0/s1. The Morgan fingerprint density at radius 2 is 2.24 bits per heavy atom. The van der Waals surface area contributed by atoms with Crippen LogP contribution in [0.1, 0.15) is 32.6 Å². The summed E-state index contributed by atoms with van der Waals surface area (Å²) in [4.78, 5) is 10.1. The molecule has 0 saturated carbocycles. The molecule has 0 spiro atoms. The third kappa shape index (κ3) is 8.09. The van der Waals surface area contributed by atoms with Gasteiger partial charge in [-0.05, 0) is 12.8 Å². The first-order valence-corrected chi connectivity index (χ1v) is 6.01. The highest BCUT2D eigenvalue weighted by Gasteiger charge is 2.20. The minimum Gasteiger partial charge on any atom is -0.480 e. The van der Waals surface area contributed by atoms with E-state index in [0.29, 0.717) is 19.4 Å². The van der Waals surface area contributed by atoms with Crippen LogP contribution in [0.15, 0.2) is 0 Å². The van der Waals surface area contributed by atoms with Crippen molar-refractivity contribution in [2.24, 2.45) is 5.73 Å². The lowest BCUT2D eigenvalue weighted by atomic mass is 10.1. The molecular weight excluding hydrogens is 224 g/mol. The molecule has 0 aromatic heterocycles. The molecule has 1 unspecified atom stereocenters. The monoisotopic (exact) mass is 248 g/mol. The van der Waals surface area contributed by atoms with Crippen LogP contribution < -0.4 is 11.1 Å². The minimum atomic E-state index is -0.900. The second-order valence-corrected chi connectivity index (χ2v) is 4.26. The Morgan fingerprint density at radius 1 is 1.59 bits per heavy atom. The van der Waals surface area contributed by atoms with Crippen LogP contribution in [0.4, 0.5) is 0 Å². The number of hydrogen-bond acceptors (Lipinski definition) is 5. The molecule has 102 valence electrons. The quantitative estimate of drug-likeness (QED) is 0.439. The van der Waals surface area contributed by atoms with Crippen LogP contribution in [0.25, 0.3) is 0 Å². The molecule has 0 radical (unpaired) electrons. The van der Waals surface area contributed by atoms with Crippen molar-refractivity contribution >= 4 is 5.97 Å². The number of carbonyl (C=O) groups is 1. The molecule has 3 atom stereocenters. The summed E-state index contributed by atoms with van der Waals surface area (Å²) in [5.41, 5.74) is 5.20. The van der Waals surface area contributed by atoms with Crippen LogP contribution in [0, 0.1) is 0 Å². The minimum absolute atomic E-state index is 0.130. The maximum absolute atomic E-state index is 10.1. The lowest BCUT2D eigenvalue weighted by Crippen LogP contribution is -2.29. The molecule has 0 aromatic carbocycles. The zero-order chi connectivity index (χ0) is 13.3. The Morgan fingerprint density at radius 3 is 2.53 bits per heavy atom. The van der Waals surface area contributed by atoms with E-state index in [4.69, 9.17) is 21.1 Å². The fourth-order valence-electron chi connectivity index (χ4n) is 1.48. The average molecular weight is 248 g/mol. The van der Waals surface area contributed by atoms with Crippen LogP contribution in [0.5, 0.6) is 0 Å². The molecule has 17 heavy (non-hydrogen) atoms. The second kappa shape index (κ2) is 9.35. The van der Waals surface area contributed by atoms with Gasteiger partial charge in [-0.3, -0.25) is 4.79 Å². The van der Waals surface area contributed by atoms with E-state index in [2.05, 4.69) is 5.32 Å². The number of rotatable bonds is 5. The molecule has 6 heteroatoms. The van der Waals surface area contributed by atoms with E-state index >= 15 is 0 Å². The van der Waals surface area contributed by atoms with Gasteiger partial charge in [0.05, 0.1) is 12.7 Å². The summed E-state index contributed by atoms with van der Waals surface area (Å²) in [6, 6.07) is -0.532. The van der Waals surface area contributed by atoms with Gasteiger partial charge in [-0.25, -0.2) is 0 Å². The van der Waals surface area contributed by atoms with Crippen molar-refractivity contribution in [1.29, 1.82) is 0 Å². The van der Waals surface area contributed by atoms with Crippen molar-refractivity contribution in [2.75, 3.05) is 13.2 Å². The lowest BCUT2D eigenvalue weighted by Gasteiger charge is -2.02. The highest BCUT2D eigenvalue weighted by atomic mass is 16.4. The van der Waals surface area contributed by atoms with Crippen molar-refractivity contribution < 1.29 is 20.1 Å². The molecule has 0 bridgehead atoms. The highest BCUT2D eigenvalue weighted by Crippen LogP contribution is 2.03. The van der Waals surface area contributed by atoms with E-state index in [1.54, 1.807) is 0 Å². The predicted octanol–water partition coefficient (Wildman–Crippen LogP) is -0.710. The zero-order valence-corrected chi connectivity index (χ0v) is 10.3. The molecule has 1 rings (SSSR count). The summed E-state index contributed by atoms with van der Waals surface area (Å²) in [5, 5.41) is 28.6. The van der Waals surface area contributed by atoms with Crippen molar-refractivity contribution in [3.05, 3.63) is 0 Å². The van der Waals surface area contributed by atoms with Gasteiger partial charge in [0, 0.05) is 12.6 Å². The number of carboxylic acids is 1. The van der Waals surface area contributed by atoms with Crippen molar-refractivity contribution in [2.45, 2.75) is 50.8 Å². The van der Waals surface area contributed by atoms with Crippen molar-refractivity contribution in [3.63, 3.8) is 0 Å². The van der Waals surface area contributed by atoms with Crippen LogP contribution >= 0.6 is 0 Å². The molecule has 1 heterocycles. The topological polar surface area (TPSA) is 116 Å². The summed E-state index contributed by atoms with van der Waals surface area (Å²) < 4.78 is 0. The lowest BCUT2D eigenvalue weighted by molar-refractivity contribution is -0.138. The maximum atomic E-state index is 10.1. The van der Waals surface area contributed by atoms with Gasteiger partial charge in [0.25, 0.3) is 0 Å². The Hall–Kier alpha value is -0.690. The van der Waals surface area contributed by atoms with Gasteiger partial charge >= 0.3 is 5.97 Å². The number of aliphatic hydroxyl groups is 2. The fraction of sp³-hybridized carbons (Fsp3) is 0.909. The van der Waals surface area contributed by atoms with Gasteiger partial charge in [0.1, 0.15) is 6.04 Å². The highest BCUT2D eigenvalue weighted by molar-refractivity contribution is 5.72. The molecule has 1 aliphatic heterocycles. The number of nitrogens with two attached hydrogens (primary N) is 1. The first-order chi connectivity index (χ1) is 8.01. The summed E-state index contributed by atoms with van der Waals surface area (Å²) >= 11 is 0. The number of aliphatic carboxylic acids is 1. The Kier molecular flexibility index (Phi) is 8.97. The Balaban J connectivity index is 0.000000302. The smallest absolute Gasteiger partial charge is 0.320 e. The second-order valence-electron chi connectivity index (χ2n) is 4.26. The Bertz CT molecular complexity index is 214. The maximum Gasteiger partial charge on any atom is 0.320 e. The number of carboxylic acid groups (broad SMARTS) is 1. The van der Waals surface area contributed by atoms with E-state index in [0.717, 1.165) is 12.8 Å². The predicted molar refractivity (Wildman–Crippen MR) is 64.6 cm³/mol. The summed E-state index contributed by atoms with van der Waals surface area (Å²) in [7, 11) is 0. The SMILES string of the molecule is CCCCC(N)C(=O)O.OC[C@@H]1C[C@@H](O)CN1. The number of β-amino-alcohol motifs (C(OH)–C–C–N with tert-alkyl or cyclic N) is 1. The summed E-state index contributed by atoms with van der Waals surface area (Å²) in [6.07, 6.45) is 2.93. The first kappa shape index (κ1) is 16.3. The first-order valence-electron chi connectivity index (χ1n) is 6.01. The number of nitrogens with one attached hydrogen (secondary N) is 1. The normalized spacial score (nSPS) is 24.9. The van der Waals surface area contributed by atoms with Gasteiger partial charge in [-0.15, -0.1) is 0 Å². The number of unbranched alkanes of at least 4 members (excludes halogenated alkanes) is 1. The van der Waals surface area contributed by atoms with Gasteiger partial charge in [-0.1, -0.05) is 19.8 Å². The largest absolute Gasteiger partial charge is 0.480 e. The molecule has 6 N–H and O–H groups in total. The molecule has 1 saturated heterocycles. The van der Waals surface area contributed by atoms with Crippen molar-refractivity contribution in [1.82, 2.24) is 5.32 Å². The summed E-state index contributed by atoms with van der Waals surface area (Å²) in [5.74, 6) is -0.900. The van der Waals surface area contributed by atoms with Gasteiger partial charge in [-0.2, -0.15) is 0 Å². The van der Waals surface area contributed by atoms with Crippen LogP contribution in [0.3, 0.4) is 0 Å². The van der Waals surface area contributed by atoms with E-state index in [-0.39, 0.29) is 18.8 Å². The van der Waals surface area contributed by atoms with E-state index in [9.17, 15) is 4.79 Å². The average Bonchev–Trinajstić information content (AvgIpc) is 2.72. The number of hydrogen-bond donors (Lipinski definition) is 5. The zero-order valence-electron chi connectivity index (χ0n) is 10.3. The molecule has 1 fully saturated rings. The molecular formula is C11H24N2O4. The van der Waals surface area contributed by atoms with Crippen LogP contribution in [0.2, 0.25) is 0 Å². The van der Waals surface area contributed by atoms with E-state index < -0.39 is 12.0 Å². The third-order valence-corrected chi connectivity index (χ3v) is 2.61. The van der Waals surface area contributed by atoms with Crippen molar-refractivity contribution in [3.8, 4) is 0 Å². The number of aliphatic hydroxyl groups excluding tert-OH is 2. The van der Waals surface area contributed by atoms with Crippen LogP contribution in [-0.2, 0) is 4.79 Å². The summed E-state index contributed by atoms with van der Waals surface area (Å²) in [6.45, 7) is 2.77. The molecule has 0 amide bonds. The molecule has 1 aliphatic rings. The van der Waals surface area contributed by atoms with Gasteiger partial charge in [0.15, 0.2) is 0 Å².